The summed E-state index contributed by atoms with van der Waals surface area (Å²) >= 11 is 0. The van der Waals surface area contributed by atoms with Crippen molar-refractivity contribution in [3.8, 4) is 0 Å². The SMILES string of the molecule is CCNC(=NCCS(=O)(=O)CC)NC(C)C. The normalized spacial score (nSPS) is 12.9. The Morgan fingerprint density at radius 3 is 2.38 bits per heavy atom. The molecule has 0 heterocycles. The lowest BCUT2D eigenvalue weighted by Gasteiger charge is -2.13. The van der Waals surface area contributed by atoms with Crippen LogP contribution in [-0.4, -0.2) is 45.0 Å². The molecule has 0 aromatic heterocycles. The van der Waals surface area contributed by atoms with Gasteiger partial charge in [0.15, 0.2) is 15.8 Å². The molecule has 0 saturated carbocycles. The van der Waals surface area contributed by atoms with Crippen LogP contribution >= 0.6 is 0 Å². The first-order valence-electron chi connectivity index (χ1n) is 5.66. The highest BCUT2D eigenvalue weighted by Crippen LogP contribution is 1.89. The van der Waals surface area contributed by atoms with Gasteiger partial charge in [-0.3, -0.25) is 4.99 Å². The van der Waals surface area contributed by atoms with Gasteiger partial charge in [0.1, 0.15) is 0 Å². The van der Waals surface area contributed by atoms with Gasteiger partial charge >= 0.3 is 0 Å². The predicted molar refractivity (Wildman–Crippen MR) is 68.6 cm³/mol. The first-order chi connectivity index (χ1) is 7.41. The van der Waals surface area contributed by atoms with Crippen molar-refractivity contribution in [2.24, 2.45) is 4.99 Å². The first-order valence-corrected chi connectivity index (χ1v) is 7.48. The number of nitrogens with one attached hydrogen (secondary N) is 2. The summed E-state index contributed by atoms with van der Waals surface area (Å²) in [5.41, 5.74) is 0. The second-order valence-corrected chi connectivity index (χ2v) is 6.27. The van der Waals surface area contributed by atoms with Crippen LogP contribution < -0.4 is 10.6 Å². The Hall–Kier alpha value is -0.780. The summed E-state index contributed by atoms with van der Waals surface area (Å²) in [6.07, 6.45) is 0. The summed E-state index contributed by atoms with van der Waals surface area (Å²) in [6.45, 7) is 8.71. The molecule has 0 radical (unpaired) electrons. The Balaban J connectivity index is 4.23. The molecule has 0 fully saturated rings. The van der Waals surface area contributed by atoms with E-state index in [9.17, 15) is 8.42 Å². The minimum absolute atomic E-state index is 0.109. The Morgan fingerprint density at radius 2 is 1.94 bits per heavy atom. The van der Waals surface area contributed by atoms with Crippen LogP contribution in [0.15, 0.2) is 4.99 Å². The molecule has 0 saturated heterocycles. The van der Waals surface area contributed by atoms with Gasteiger partial charge in [0.2, 0.25) is 0 Å². The highest BCUT2D eigenvalue weighted by atomic mass is 32.2. The van der Waals surface area contributed by atoms with E-state index in [0.717, 1.165) is 6.54 Å². The van der Waals surface area contributed by atoms with Crippen LogP contribution in [0.1, 0.15) is 27.7 Å². The molecule has 5 nitrogen and oxygen atoms in total. The lowest BCUT2D eigenvalue weighted by molar-refractivity contribution is 0.597. The first kappa shape index (κ1) is 15.2. The van der Waals surface area contributed by atoms with Crippen molar-refractivity contribution in [1.29, 1.82) is 0 Å². The lowest BCUT2D eigenvalue weighted by Crippen LogP contribution is -2.41. The van der Waals surface area contributed by atoms with Gasteiger partial charge in [-0.25, -0.2) is 8.42 Å². The van der Waals surface area contributed by atoms with Crippen LogP contribution in [0.5, 0.6) is 0 Å². The largest absolute Gasteiger partial charge is 0.357 e. The number of nitrogens with zero attached hydrogens (tertiary/aromatic N) is 1. The summed E-state index contributed by atoms with van der Waals surface area (Å²) < 4.78 is 22.5. The zero-order chi connectivity index (χ0) is 12.6. The Morgan fingerprint density at radius 1 is 1.31 bits per heavy atom. The maximum atomic E-state index is 11.3. The van der Waals surface area contributed by atoms with Gasteiger partial charge < -0.3 is 10.6 Å². The van der Waals surface area contributed by atoms with E-state index in [4.69, 9.17) is 0 Å². The van der Waals surface area contributed by atoms with Crippen molar-refractivity contribution in [3.63, 3.8) is 0 Å². The Labute approximate surface area is 98.6 Å². The van der Waals surface area contributed by atoms with Crippen molar-refractivity contribution in [2.45, 2.75) is 33.7 Å². The number of guanidine groups is 1. The maximum Gasteiger partial charge on any atom is 0.191 e. The van der Waals surface area contributed by atoms with E-state index in [-0.39, 0.29) is 17.5 Å². The van der Waals surface area contributed by atoms with Gasteiger partial charge in [0, 0.05) is 18.3 Å². The fourth-order valence-electron chi connectivity index (χ4n) is 1.03. The molecule has 0 bridgehead atoms. The van der Waals surface area contributed by atoms with Crippen LogP contribution in [0, 0.1) is 0 Å². The van der Waals surface area contributed by atoms with Gasteiger partial charge in [-0.1, -0.05) is 6.92 Å². The van der Waals surface area contributed by atoms with E-state index in [1.165, 1.54) is 0 Å². The molecule has 6 heteroatoms. The standard InChI is InChI=1S/C10H23N3O2S/c1-5-11-10(13-9(3)4)12-7-8-16(14,15)6-2/h9H,5-8H2,1-4H3,(H2,11,12,13). The van der Waals surface area contributed by atoms with Gasteiger partial charge in [0.25, 0.3) is 0 Å². The maximum absolute atomic E-state index is 11.3. The summed E-state index contributed by atoms with van der Waals surface area (Å²) in [6, 6.07) is 0.278. The summed E-state index contributed by atoms with van der Waals surface area (Å²) in [4.78, 5) is 4.20. The van der Waals surface area contributed by atoms with E-state index in [1.54, 1.807) is 6.92 Å². The summed E-state index contributed by atoms with van der Waals surface area (Å²) in [5, 5.41) is 6.19. The molecular formula is C10H23N3O2S. The summed E-state index contributed by atoms with van der Waals surface area (Å²) in [5.74, 6) is 0.957. The lowest BCUT2D eigenvalue weighted by atomic mass is 10.4. The van der Waals surface area contributed by atoms with Crippen molar-refractivity contribution in [1.82, 2.24) is 10.6 Å². The van der Waals surface area contributed by atoms with Crippen LogP contribution in [-0.2, 0) is 9.84 Å². The fraction of sp³-hybridized carbons (Fsp3) is 0.900. The third-order valence-corrected chi connectivity index (χ3v) is 3.57. The highest BCUT2D eigenvalue weighted by Gasteiger charge is 2.06. The topological polar surface area (TPSA) is 70.6 Å². The van der Waals surface area contributed by atoms with Crippen molar-refractivity contribution >= 4 is 15.8 Å². The van der Waals surface area contributed by atoms with Crippen molar-refractivity contribution in [3.05, 3.63) is 0 Å². The number of sulfone groups is 1. The second-order valence-electron chi connectivity index (χ2n) is 3.80. The van der Waals surface area contributed by atoms with Crippen LogP contribution in [0.4, 0.5) is 0 Å². The minimum atomic E-state index is -2.92. The molecule has 16 heavy (non-hydrogen) atoms. The molecule has 0 aromatic carbocycles. The smallest absolute Gasteiger partial charge is 0.191 e. The zero-order valence-electron chi connectivity index (χ0n) is 10.6. The van der Waals surface area contributed by atoms with E-state index < -0.39 is 9.84 Å². The van der Waals surface area contributed by atoms with Crippen LogP contribution in [0.3, 0.4) is 0 Å². The molecule has 0 aliphatic carbocycles. The van der Waals surface area contributed by atoms with Crippen molar-refractivity contribution in [2.75, 3.05) is 24.6 Å². The highest BCUT2D eigenvalue weighted by molar-refractivity contribution is 7.91. The average Bonchev–Trinajstić information content (AvgIpc) is 2.17. The van der Waals surface area contributed by atoms with E-state index in [0.29, 0.717) is 12.5 Å². The van der Waals surface area contributed by atoms with Crippen molar-refractivity contribution < 1.29 is 8.42 Å². The van der Waals surface area contributed by atoms with E-state index in [1.807, 2.05) is 20.8 Å². The third-order valence-electron chi connectivity index (χ3n) is 1.88. The number of hydrogen-bond acceptors (Lipinski definition) is 3. The Bertz CT molecular complexity index is 310. The molecule has 0 aromatic rings. The number of aliphatic imine (C=N–C) groups is 1. The molecule has 0 aliphatic rings. The molecule has 0 unspecified atom stereocenters. The van der Waals surface area contributed by atoms with Gasteiger partial charge in [-0.15, -0.1) is 0 Å². The monoisotopic (exact) mass is 249 g/mol. The molecule has 2 N–H and O–H groups in total. The van der Waals surface area contributed by atoms with E-state index in [2.05, 4.69) is 15.6 Å². The van der Waals surface area contributed by atoms with Gasteiger partial charge in [-0.05, 0) is 20.8 Å². The van der Waals surface area contributed by atoms with Gasteiger partial charge in [0.05, 0.1) is 12.3 Å². The molecule has 0 amide bonds. The summed E-state index contributed by atoms with van der Waals surface area (Å²) in [7, 11) is -2.92. The molecular weight excluding hydrogens is 226 g/mol. The third kappa shape index (κ3) is 7.50. The number of hydrogen-bond donors (Lipinski definition) is 2. The average molecular weight is 249 g/mol. The molecule has 0 rings (SSSR count). The fourth-order valence-corrected chi connectivity index (χ4v) is 1.69. The molecule has 0 aliphatic heterocycles. The predicted octanol–water partition coefficient (Wildman–Crippen LogP) is 0.385. The molecule has 0 spiro atoms. The molecule has 0 atom stereocenters. The van der Waals surface area contributed by atoms with E-state index >= 15 is 0 Å². The zero-order valence-corrected chi connectivity index (χ0v) is 11.4. The second kappa shape index (κ2) is 7.49. The van der Waals surface area contributed by atoms with Gasteiger partial charge in [-0.2, -0.15) is 0 Å². The quantitative estimate of drug-likeness (QED) is 0.527. The minimum Gasteiger partial charge on any atom is -0.357 e. The Kier molecular flexibility index (Phi) is 7.12. The molecule has 96 valence electrons. The van der Waals surface area contributed by atoms with Crippen LogP contribution in [0.2, 0.25) is 0 Å². The number of rotatable bonds is 6. The van der Waals surface area contributed by atoms with Crippen LogP contribution in [0.25, 0.3) is 0 Å².